The van der Waals surface area contributed by atoms with Gasteiger partial charge in [0, 0.05) is 78.5 Å². The smallest absolute Gasteiger partial charge is 0.115 e. The molecule has 0 atom stereocenters. The molecule has 138 valence electrons. The van der Waals surface area contributed by atoms with Crippen molar-refractivity contribution in [2.24, 2.45) is 4.52 Å². The van der Waals surface area contributed by atoms with E-state index < -0.39 is 14.8 Å². The molecule has 0 fully saturated rings. The molecule has 0 N–H and O–H groups in total. The third kappa shape index (κ3) is 3.76. The lowest BCUT2D eigenvalue weighted by Gasteiger charge is -2.22. The van der Waals surface area contributed by atoms with Crippen molar-refractivity contribution in [3.05, 3.63) is 74.9 Å². The molecular weight excluding hydrogens is 392 g/mol. The van der Waals surface area contributed by atoms with Gasteiger partial charge in [0.2, 0.25) is 0 Å². The summed E-state index contributed by atoms with van der Waals surface area (Å²) in [6, 6.07) is 0. The highest BCUT2D eigenvalue weighted by molar-refractivity contribution is 7.90. The van der Waals surface area contributed by atoms with Crippen LogP contribution in [0.15, 0.2) is 79.4 Å². The Morgan fingerprint density at radius 2 is 0.893 bits per heavy atom. The summed E-state index contributed by atoms with van der Waals surface area (Å²) in [4.78, 5) is 33.3. The van der Waals surface area contributed by atoms with E-state index in [0.29, 0.717) is 0 Å². The van der Waals surface area contributed by atoms with Gasteiger partial charge in [-0.1, -0.05) is 6.30 Å². The maximum Gasteiger partial charge on any atom is 0.115 e. The largest absolute Gasteiger partial charge is 0.267 e. The molecule has 0 radical (unpaired) electrons. The molecule has 4 aromatic heterocycles. The van der Waals surface area contributed by atoms with E-state index in [1.54, 1.807) is 49.6 Å². The van der Waals surface area contributed by atoms with Crippen LogP contribution in [-0.2, 0) is 0 Å². The van der Waals surface area contributed by atoms with Crippen molar-refractivity contribution in [3.8, 4) is 0 Å². The molecule has 0 unspecified atom stereocenters. The minimum Gasteiger partial charge on any atom is -0.267 e. The lowest BCUT2D eigenvalue weighted by molar-refractivity contribution is 1.18. The van der Waals surface area contributed by atoms with E-state index in [0.717, 1.165) is 21.2 Å². The van der Waals surface area contributed by atoms with Gasteiger partial charge in [-0.25, -0.2) is 39.9 Å². The van der Waals surface area contributed by atoms with Gasteiger partial charge in [0.1, 0.15) is 25.3 Å². The molecule has 28 heavy (non-hydrogen) atoms. The zero-order valence-corrected chi connectivity index (χ0v) is 16.5. The van der Waals surface area contributed by atoms with Gasteiger partial charge in [0.15, 0.2) is 0 Å². The highest BCUT2D eigenvalue weighted by Gasteiger charge is 2.22. The van der Waals surface area contributed by atoms with Crippen LogP contribution in [0.5, 0.6) is 0 Å². The second-order valence-corrected chi connectivity index (χ2v) is 10.9. The Bertz CT molecular complexity index is 1040. The fourth-order valence-corrected chi connectivity index (χ4v) is 8.19. The van der Waals surface area contributed by atoms with Crippen molar-refractivity contribution in [1.82, 2.24) is 39.9 Å². The van der Waals surface area contributed by atoms with Crippen LogP contribution in [-0.4, -0.2) is 46.2 Å². The fraction of sp³-hybridized carbons (Fsp3) is 0. The molecule has 4 rings (SSSR count). The number of hydrogen-bond acceptors (Lipinski definition) is 9. The highest BCUT2D eigenvalue weighted by Crippen LogP contribution is 2.49. The number of hydrogen-bond donors (Lipinski definition) is 0. The van der Waals surface area contributed by atoms with E-state index in [9.17, 15) is 0 Å². The summed E-state index contributed by atoms with van der Waals surface area (Å²) in [6.45, 7) is 0. The molecule has 0 saturated heterocycles. The molecule has 9 nitrogen and oxygen atoms in total. The van der Waals surface area contributed by atoms with Gasteiger partial charge < -0.3 is 0 Å². The predicted molar refractivity (Wildman–Crippen MR) is 111 cm³/mol. The van der Waals surface area contributed by atoms with Crippen molar-refractivity contribution in [2.75, 3.05) is 0 Å². The maximum absolute atomic E-state index is 5.27. The first-order chi connectivity index (χ1) is 13.8. The molecule has 0 saturated carbocycles. The Morgan fingerprint density at radius 1 is 0.571 bits per heavy atom. The second-order valence-electron chi connectivity index (χ2n) is 5.67. The lowest BCUT2D eigenvalue weighted by Crippen LogP contribution is -2.18. The van der Waals surface area contributed by atoms with Crippen LogP contribution < -0.4 is 21.2 Å². The normalized spacial score (nSPS) is 11.3. The van der Waals surface area contributed by atoms with Crippen LogP contribution in [0.1, 0.15) is 0 Å². The van der Waals surface area contributed by atoms with E-state index in [-0.39, 0.29) is 0 Å². The molecule has 0 aliphatic carbocycles. The Labute approximate surface area is 162 Å². The molecule has 0 bridgehead atoms. The minimum atomic E-state index is -2.50. The second kappa shape index (κ2) is 8.25. The Hall–Kier alpha value is -3.15. The molecular formula is C17H15N9P2. The molecule has 0 aliphatic rings. The average Bonchev–Trinajstić information content (AvgIpc) is 2.80. The molecule has 11 heteroatoms. The first-order valence-electron chi connectivity index (χ1n) is 8.13. The van der Waals surface area contributed by atoms with Gasteiger partial charge in [-0.05, 0) is 0 Å². The van der Waals surface area contributed by atoms with Crippen LogP contribution in [0.4, 0.5) is 0 Å². The maximum atomic E-state index is 5.27. The van der Waals surface area contributed by atoms with Gasteiger partial charge >= 0.3 is 0 Å². The predicted octanol–water partition coefficient (Wildman–Crippen LogP) is 0.211. The number of rotatable bonds is 5. The number of aromatic nitrogens is 8. The summed E-state index contributed by atoms with van der Waals surface area (Å²) in [5, 5.41) is 3.48. The van der Waals surface area contributed by atoms with Crippen LogP contribution in [0.2, 0.25) is 0 Å². The van der Waals surface area contributed by atoms with Crippen LogP contribution in [0, 0.1) is 0 Å². The van der Waals surface area contributed by atoms with Gasteiger partial charge in [0.25, 0.3) is 0 Å². The van der Waals surface area contributed by atoms with Crippen molar-refractivity contribution in [3.63, 3.8) is 0 Å². The summed E-state index contributed by atoms with van der Waals surface area (Å²) >= 11 is 0. The molecule has 4 heterocycles. The monoisotopic (exact) mass is 407 g/mol. The summed E-state index contributed by atoms with van der Waals surface area (Å²) in [5.74, 6) is 0. The summed E-state index contributed by atoms with van der Waals surface area (Å²) in [6.07, 6.45) is 24.5. The molecule has 0 aromatic carbocycles. The third-order valence-electron chi connectivity index (χ3n) is 3.89. The van der Waals surface area contributed by atoms with E-state index in [2.05, 4.69) is 46.2 Å². The third-order valence-corrected chi connectivity index (χ3v) is 9.83. The van der Waals surface area contributed by atoms with Gasteiger partial charge in [-0.15, -0.1) is 0 Å². The van der Waals surface area contributed by atoms with Crippen molar-refractivity contribution >= 4 is 42.3 Å². The topological polar surface area (TPSA) is 115 Å². The minimum absolute atomic E-state index is 0.834. The van der Waals surface area contributed by atoms with E-state index in [1.165, 1.54) is 25.3 Å². The van der Waals surface area contributed by atoms with Crippen LogP contribution >= 0.6 is 14.8 Å². The van der Waals surface area contributed by atoms with Gasteiger partial charge in [-0.3, -0.25) is 4.52 Å². The van der Waals surface area contributed by atoms with Crippen LogP contribution in [0.3, 0.4) is 0 Å². The SMILES string of the molecule is C=P(N=[PH](c1cncnc1)c1cncnc1)(c1cncnc1)c1cncnc1. The van der Waals surface area contributed by atoms with E-state index in [1.807, 2.05) is 0 Å². The van der Waals surface area contributed by atoms with E-state index >= 15 is 0 Å². The van der Waals surface area contributed by atoms with E-state index in [4.69, 9.17) is 4.52 Å². The molecule has 0 spiro atoms. The first-order valence-corrected chi connectivity index (χ1v) is 11.5. The Morgan fingerprint density at radius 3 is 1.25 bits per heavy atom. The molecule has 0 amide bonds. The molecule has 0 aliphatic heterocycles. The van der Waals surface area contributed by atoms with Crippen molar-refractivity contribution in [2.45, 2.75) is 0 Å². The summed E-state index contributed by atoms with van der Waals surface area (Å²) < 4.78 is 5.27. The fourth-order valence-electron chi connectivity index (χ4n) is 2.52. The van der Waals surface area contributed by atoms with Crippen molar-refractivity contribution in [1.29, 1.82) is 0 Å². The van der Waals surface area contributed by atoms with Gasteiger partial charge in [-0.2, -0.15) is 0 Å². The Kier molecular flexibility index (Phi) is 5.37. The number of nitrogens with zero attached hydrogens (tertiary/aromatic N) is 9. The summed E-state index contributed by atoms with van der Waals surface area (Å²) in [7, 11) is -4.20. The van der Waals surface area contributed by atoms with Crippen molar-refractivity contribution < 1.29 is 0 Å². The highest BCUT2D eigenvalue weighted by atomic mass is 31.2. The van der Waals surface area contributed by atoms with Crippen LogP contribution in [0.25, 0.3) is 0 Å². The standard InChI is InChI=1S/C17H15N9P2/c1-28(16-6-22-12-23-7-16,17-8-24-13-25-9-17)26-27(14-2-18-10-19-3-14)15-4-20-11-21-5-15/h2-13,27H,1H2. The quantitative estimate of drug-likeness (QED) is 0.431. The average molecular weight is 407 g/mol. The zero-order valence-electron chi connectivity index (χ0n) is 14.6. The summed E-state index contributed by atoms with van der Waals surface area (Å²) in [5.41, 5.74) is 0. The lowest BCUT2D eigenvalue weighted by atomic mass is 10.7. The molecule has 4 aromatic rings. The van der Waals surface area contributed by atoms with Gasteiger partial charge in [0.05, 0.1) is 7.04 Å². The first kappa shape index (κ1) is 18.2. The Balaban J connectivity index is 1.99. The zero-order chi connectivity index (χ0) is 19.2.